The lowest BCUT2D eigenvalue weighted by molar-refractivity contribution is -0.141. The van der Waals surface area contributed by atoms with E-state index in [0.29, 0.717) is 6.54 Å². The summed E-state index contributed by atoms with van der Waals surface area (Å²) in [5, 5.41) is 18.6. The molecule has 2 N–H and O–H groups in total. The zero-order valence-corrected chi connectivity index (χ0v) is 11.1. The number of hydrogen-bond donors (Lipinski definition) is 2. The summed E-state index contributed by atoms with van der Waals surface area (Å²) in [7, 11) is 1.58. The fraction of sp³-hybridized carbons (Fsp3) is 0.462. The number of hydrogen-bond acceptors (Lipinski definition) is 4. The molecule has 2 amide bonds. The zero-order chi connectivity index (χ0) is 14.7. The largest absolute Gasteiger partial charge is 0.480 e. The van der Waals surface area contributed by atoms with Gasteiger partial charge >= 0.3 is 12.0 Å². The summed E-state index contributed by atoms with van der Waals surface area (Å²) >= 11 is 0. The highest BCUT2D eigenvalue weighted by molar-refractivity contribution is 5.83. The molecule has 1 aromatic rings. The van der Waals surface area contributed by atoms with E-state index in [4.69, 9.17) is 5.11 Å². The van der Waals surface area contributed by atoms with Crippen LogP contribution in [0.3, 0.4) is 0 Å². The standard InChI is InChI=1S/C13H17N3O4/c1-15(7-9-4-2-3-5-14-9)13(20)16-8-10(17)6-11(16)12(18)19/h2-5,10-11,17H,6-8H2,1H3,(H,18,19)/t10-,11-/m1/s1. The lowest BCUT2D eigenvalue weighted by atomic mass is 10.2. The molecule has 1 saturated heterocycles. The van der Waals surface area contributed by atoms with Crippen LogP contribution in [0.5, 0.6) is 0 Å². The first kappa shape index (κ1) is 14.3. The van der Waals surface area contributed by atoms with Gasteiger partial charge in [-0.05, 0) is 12.1 Å². The molecular formula is C13H17N3O4. The van der Waals surface area contributed by atoms with Crippen molar-refractivity contribution in [3.63, 3.8) is 0 Å². The third-order valence-electron chi connectivity index (χ3n) is 3.26. The number of aliphatic carboxylic acids is 1. The zero-order valence-electron chi connectivity index (χ0n) is 11.1. The number of β-amino-alcohol motifs (C(OH)–C–C–N with tert-alkyl or cyclic N) is 1. The van der Waals surface area contributed by atoms with Gasteiger partial charge in [0.25, 0.3) is 0 Å². The fourth-order valence-electron chi connectivity index (χ4n) is 2.28. The first-order chi connectivity index (χ1) is 9.49. The molecule has 108 valence electrons. The van der Waals surface area contributed by atoms with Crippen LogP contribution in [0.25, 0.3) is 0 Å². The van der Waals surface area contributed by atoms with Gasteiger partial charge in [-0.3, -0.25) is 4.98 Å². The first-order valence-corrected chi connectivity index (χ1v) is 6.31. The summed E-state index contributed by atoms with van der Waals surface area (Å²) < 4.78 is 0. The number of carboxylic acids is 1. The van der Waals surface area contributed by atoms with Crippen LogP contribution in [0.15, 0.2) is 24.4 Å². The predicted molar refractivity (Wildman–Crippen MR) is 69.9 cm³/mol. The molecule has 20 heavy (non-hydrogen) atoms. The van der Waals surface area contributed by atoms with Crippen molar-refractivity contribution in [3.8, 4) is 0 Å². The van der Waals surface area contributed by atoms with Crippen LogP contribution >= 0.6 is 0 Å². The number of nitrogens with zero attached hydrogens (tertiary/aromatic N) is 3. The maximum absolute atomic E-state index is 12.3. The number of urea groups is 1. The minimum Gasteiger partial charge on any atom is -0.480 e. The van der Waals surface area contributed by atoms with E-state index in [1.54, 1.807) is 25.4 Å². The van der Waals surface area contributed by atoms with E-state index < -0.39 is 24.1 Å². The number of carbonyl (C=O) groups is 2. The SMILES string of the molecule is CN(Cc1ccccn1)C(=O)N1C[C@H](O)C[C@@H]1C(=O)O. The first-order valence-electron chi connectivity index (χ1n) is 6.31. The van der Waals surface area contributed by atoms with Gasteiger partial charge in [0.15, 0.2) is 0 Å². The summed E-state index contributed by atoms with van der Waals surface area (Å²) in [6, 6.07) is 4.00. The number of pyridine rings is 1. The van der Waals surface area contributed by atoms with E-state index >= 15 is 0 Å². The Labute approximate surface area is 116 Å². The molecule has 1 aliphatic heterocycles. The Kier molecular flexibility index (Phi) is 4.19. The van der Waals surface area contributed by atoms with Crippen LogP contribution in [-0.4, -0.2) is 62.7 Å². The number of likely N-dealkylation sites (tertiary alicyclic amines) is 1. The maximum Gasteiger partial charge on any atom is 0.326 e. The van der Waals surface area contributed by atoms with Gasteiger partial charge in [0.05, 0.1) is 18.3 Å². The topological polar surface area (TPSA) is 94.0 Å². The summed E-state index contributed by atoms with van der Waals surface area (Å²) in [6.45, 7) is 0.334. The average Bonchev–Trinajstić information content (AvgIpc) is 2.81. The number of aliphatic hydroxyl groups is 1. The van der Waals surface area contributed by atoms with Gasteiger partial charge in [0, 0.05) is 26.2 Å². The smallest absolute Gasteiger partial charge is 0.326 e. The van der Waals surface area contributed by atoms with Crippen LogP contribution in [0.1, 0.15) is 12.1 Å². The Morgan fingerprint density at radius 1 is 1.50 bits per heavy atom. The molecular weight excluding hydrogens is 262 g/mol. The minimum atomic E-state index is -1.10. The minimum absolute atomic E-state index is 0.0440. The van der Waals surface area contributed by atoms with Crippen LogP contribution in [0, 0.1) is 0 Å². The number of aromatic nitrogens is 1. The van der Waals surface area contributed by atoms with Crippen molar-refractivity contribution in [1.82, 2.24) is 14.8 Å². The molecule has 7 nitrogen and oxygen atoms in total. The molecule has 0 spiro atoms. The van der Waals surface area contributed by atoms with Gasteiger partial charge in [-0.25, -0.2) is 9.59 Å². The van der Waals surface area contributed by atoms with E-state index in [1.165, 1.54) is 9.80 Å². The average molecular weight is 279 g/mol. The van der Waals surface area contributed by atoms with Gasteiger partial charge in [-0.1, -0.05) is 6.07 Å². The van der Waals surface area contributed by atoms with Crippen molar-refractivity contribution >= 4 is 12.0 Å². The molecule has 0 radical (unpaired) electrons. The second kappa shape index (κ2) is 5.87. The molecule has 7 heteroatoms. The molecule has 0 aromatic carbocycles. The Bertz CT molecular complexity index is 494. The second-order valence-electron chi connectivity index (χ2n) is 4.86. The Hall–Kier alpha value is -2.15. The summed E-state index contributed by atoms with van der Waals surface area (Å²) in [4.78, 5) is 30.1. The highest BCUT2D eigenvalue weighted by atomic mass is 16.4. The van der Waals surface area contributed by atoms with E-state index in [2.05, 4.69) is 4.98 Å². The van der Waals surface area contributed by atoms with Crippen LogP contribution < -0.4 is 0 Å². The number of carboxylic acid groups (broad SMARTS) is 1. The van der Waals surface area contributed by atoms with E-state index in [1.807, 2.05) is 6.07 Å². The third kappa shape index (κ3) is 3.05. The van der Waals surface area contributed by atoms with Crippen LogP contribution in [0.4, 0.5) is 4.79 Å². The van der Waals surface area contributed by atoms with E-state index in [-0.39, 0.29) is 13.0 Å². The normalized spacial score (nSPS) is 21.8. The summed E-state index contributed by atoms with van der Waals surface area (Å²) in [5.41, 5.74) is 0.718. The van der Waals surface area contributed by atoms with Gasteiger partial charge < -0.3 is 20.0 Å². The van der Waals surface area contributed by atoms with Crippen molar-refractivity contribution in [3.05, 3.63) is 30.1 Å². The quantitative estimate of drug-likeness (QED) is 0.821. The van der Waals surface area contributed by atoms with Crippen molar-refractivity contribution in [2.75, 3.05) is 13.6 Å². The summed E-state index contributed by atoms with van der Waals surface area (Å²) in [5.74, 6) is -1.10. The monoisotopic (exact) mass is 279 g/mol. The molecule has 0 unspecified atom stereocenters. The van der Waals surface area contributed by atoms with E-state index in [0.717, 1.165) is 5.69 Å². The van der Waals surface area contributed by atoms with Crippen molar-refractivity contribution in [1.29, 1.82) is 0 Å². The molecule has 0 bridgehead atoms. The lowest BCUT2D eigenvalue weighted by Crippen LogP contribution is -2.46. The van der Waals surface area contributed by atoms with E-state index in [9.17, 15) is 14.7 Å². The maximum atomic E-state index is 12.3. The molecule has 2 heterocycles. The highest BCUT2D eigenvalue weighted by Gasteiger charge is 2.40. The van der Waals surface area contributed by atoms with Gasteiger partial charge in [-0.2, -0.15) is 0 Å². The lowest BCUT2D eigenvalue weighted by Gasteiger charge is -2.27. The second-order valence-corrected chi connectivity index (χ2v) is 4.86. The Morgan fingerprint density at radius 2 is 2.25 bits per heavy atom. The van der Waals surface area contributed by atoms with Crippen LogP contribution in [0.2, 0.25) is 0 Å². The van der Waals surface area contributed by atoms with Crippen molar-refractivity contribution < 1.29 is 19.8 Å². The number of rotatable bonds is 3. The number of aliphatic hydroxyl groups excluding tert-OH is 1. The third-order valence-corrected chi connectivity index (χ3v) is 3.26. The number of amides is 2. The van der Waals surface area contributed by atoms with Crippen molar-refractivity contribution in [2.24, 2.45) is 0 Å². The molecule has 1 fully saturated rings. The van der Waals surface area contributed by atoms with Gasteiger partial charge in [0.2, 0.25) is 0 Å². The molecule has 1 aromatic heterocycles. The highest BCUT2D eigenvalue weighted by Crippen LogP contribution is 2.20. The molecule has 2 rings (SSSR count). The van der Waals surface area contributed by atoms with Crippen molar-refractivity contribution in [2.45, 2.75) is 25.1 Å². The summed E-state index contributed by atoms with van der Waals surface area (Å²) in [6.07, 6.45) is 0.912. The molecule has 0 aliphatic carbocycles. The van der Waals surface area contributed by atoms with Crippen LogP contribution in [-0.2, 0) is 11.3 Å². The van der Waals surface area contributed by atoms with Gasteiger partial charge in [0.1, 0.15) is 6.04 Å². The molecule has 1 aliphatic rings. The Morgan fingerprint density at radius 3 is 2.85 bits per heavy atom. The molecule has 2 atom stereocenters. The number of carbonyl (C=O) groups excluding carboxylic acids is 1. The van der Waals surface area contributed by atoms with Gasteiger partial charge in [-0.15, -0.1) is 0 Å². The fourth-order valence-corrected chi connectivity index (χ4v) is 2.28. The molecule has 0 saturated carbocycles. The Balaban J connectivity index is 2.04. The predicted octanol–water partition coefficient (Wildman–Crippen LogP) is 0.153.